The van der Waals surface area contributed by atoms with Crippen molar-refractivity contribution in [2.45, 2.75) is 20.0 Å². The van der Waals surface area contributed by atoms with Crippen LogP contribution in [0.1, 0.15) is 22.5 Å². The average molecular weight is 438 g/mol. The number of aromatic hydroxyl groups is 1. The smallest absolute Gasteiger partial charge is 0.416 e. The lowest BCUT2D eigenvalue weighted by atomic mass is 10.1. The number of rotatable bonds is 3. The number of hydrogen-bond acceptors (Lipinski definition) is 5. The van der Waals surface area contributed by atoms with E-state index in [9.17, 15) is 23.1 Å². The van der Waals surface area contributed by atoms with Gasteiger partial charge >= 0.3 is 6.18 Å². The summed E-state index contributed by atoms with van der Waals surface area (Å²) in [5.74, 6) is -0.385. The fourth-order valence-electron chi connectivity index (χ4n) is 3.44. The van der Waals surface area contributed by atoms with Gasteiger partial charge in [0.05, 0.1) is 16.8 Å². The number of aromatic nitrogens is 3. The Morgan fingerprint density at radius 2 is 1.62 bits per heavy atom. The monoisotopic (exact) mass is 438 g/mol. The molecule has 2 heterocycles. The fraction of sp³-hybridized carbons (Fsp3) is 0.130. The molecule has 32 heavy (non-hydrogen) atoms. The third-order valence-corrected chi connectivity index (χ3v) is 4.81. The molecule has 0 unspecified atom stereocenters. The van der Waals surface area contributed by atoms with E-state index >= 15 is 0 Å². The van der Waals surface area contributed by atoms with Crippen molar-refractivity contribution in [3.05, 3.63) is 87.5 Å². The molecule has 0 aliphatic carbocycles. The van der Waals surface area contributed by atoms with Gasteiger partial charge in [0.25, 0.3) is 5.56 Å². The highest BCUT2D eigenvalue weighted by molar-refractivity contribution is 6.02. The molecule has 0 radical (unpaired) electrons. The van der Waals surface area contributed by atoms with Crippen LogP contribution in [-0.4, -0.2) is 25.9 Å². The lowest BCUT2D eigenvalue weighted by Gasteiger charge is -2.15. The topological polar surface area (TPSA) is 80.4 Å². The summed E-state index contributed by atoms with van der Waals surface area (Å²) in [6.07, 6.45) is -3.30. The number of nitrogens with zero attached hydrogens (tertiary/aromatic N) is 4. The molecule has 0 saturated carbocycles. The van der Waals surface area contributed by atoms with E-state index < -0.39 is 23.2 Å². The second kappa shape index (κ2) is 7.92. The van der Waals surface area contributed by atoms with Crippen molar-refractivity contribution in [1.82, 2.24) is 14.5 Å². The molecule has 6 nitrogen and oxygen atoms in total. The predicted octanol–water partition coefficient (Wildman–Crippen LogP) is 4.87. The van der Waals surface area contributed by atoms with Crippen molar-refractivity contribution < 1.29 is 18.3 Å². The van der Waals surface area contributed by atoms with Gasteiger partial charge < -0.3 is 5.11 Å². The SMILES string of the molecule is Cc1cc(C)nc(N=Cc2c(O)n(-c3cccc(C(F)(F)F)c3)c(=O)c3ccccc23)n1. The zero-order chi connectivity index (χ0) is 23.0. The van der Waals surface area contributed by atoms with Crippen LogP contribution in [-0.2, 0) is 6.18 Å². The normalized spacial score (nSPS) is 12.0. The Hall–Kier alpha value is -4.01. The van der Waals surface area contributed by atoms with Crippen LogP contribution < -0.4 is 5.56 Å². The first kappa shape index (κ1) is 21.2. The van der Waals surface area contributed by atoms with Crippen LogP contribution in [0.2, 0.25) is 0 Å². The van der Waals surface area contributed by atoms with Crippen LogP contribution in [0.25, 0.3) is 16.5 Å². The lowest BCUT2D eigenvalue weighted by molar-refractivity contribution is -0.137. The molecule has 0 bridgehead atoms. The van der Waals surface area contributed by atoms with E-state index in [0.717, 1.165) is 16.7 Å². The number of pyridine rings is 1. The minimum absolute atomic E-state index is 0.120. The second-order valence-electron chi connectivity index (χ2n) is 7.18. The van der Waals surface area contributed by atoms with E-state index in [4.69, 9.17) is 0 Å². The van der Waals surface area contributed by atoms with E-state index in [2.05, 4.69) is 15.0 Å². The van der Waals surface area contributed by atoms with Crippen LogP contribution in [0.3, 0.4) is 0 Å². The van der Waals surface area contributed by atoms with Gasteiger partial charge in [0.1, 0.15) is 0 Å². The number of benzene rings is 2. The first-order chi connectivity index (χ1) is 15.1. The van der Waals surface area contributed by atoms with Gasteiger partial charge in [-0.15, -0.1) is 0 Å². The van der Waals surface area contributed by atoms with Gasteiger partial charge in [-0.1, -0.05) is 24.3 Å². The third kappa shape index (κ3) is 3.96. The standard InChI is InChI=1S/C23H17F3N4O2/c1-13-10-14(2)29-22(28-13)27-12-19-17-8-3-4-9-18(17)20(31)30(21(19)32)16-7-5-6-15(11-16)23(24,25)26/h3-12,32H,1-2H3. The Morgan fingerprint density at radius 1 is 0.969 bits per heavy atom. The summed E-state index contributed by atoms with van der Waals surface area (Å²) in [5, 5.41) is 11.6. The van der Waals surface area contributed by atoms with Gasteiger partial charge in [-0.25, -0.2) is 19.5 Å². The average Bonchev–Trinajstić information content (AvgIpc) is 2.73. The van der Waals surface area contributed by atoms with Crippen molar-refractivity contribution in [2.75, 3.05) is 0 Å². The lowest BCUT2D eigenvalue weighted by Crippen LogP contribution is -2.20. The summed E-state index contributed by atoms with van der Waals surface area (Å²) in [4.78, 5) is 25.7. The number of fused-ring (bicyclic) bond motifs is 1. The number of aryl methyl sites for hydroxylation is 2. The maximum Gasteiger partial charge on any atom is 0.416 e. The molecule has 2 aromatic heterocycles. The van der Waals surface area contributed by atoms with E-state index in [1.54, 1.807) is 38.1 Å². The molecular formula is C23H17F3N4O2. The van der Waals surface area contributed by atoms with Crippen molar-refractivity contribution in [1.29, 1.82) is 0 Å². The van der Waals surface area contributed by atoms with Gasteiger partial charge in [0.2, 0.25) is 11.8 Å². The molecule has 9 heteroatoms. The van der Waals surface area contributed by atoms with Crippen molar-refractivity contribution >= 4 is 22.9 Å². The molecule has 0 saturated heterocycles. The first-order valence-electron chi connectivity index (χ1n) is 9.56. The van der Waals surface area contributed by atoms with Crippen LogP contribution in [0.4, 0.5) is 19.1 Å². The van der Waals surface area contributed by atoms with Crippen LogP contribution in [0.15, 0.2) is 64.4 Å². The molecule has 0 aliphatic rings. The highest BCUT2D eigenvalue weighted by Gasteiger charge is 2.31. The zero-order valence-corrected chi connectivity index (χ0v) is 17.1. The van der Waals surface area contributed by atoms with E-state index in [1.807, 2.05) is 0 Å². The van der Waals surface area contributed by atoms with Gasteiger partial charge in [0.15, 0.2) is 0 Å². The zero-order valence-electron chi connectivity index (χ0n) is 17.1. The van der Waals surface area contributed by atoms with Gasteiger partial charge in [-0.05, 0) is 44.2 Å². The van der Waals surface area contributed by atoms with Gasteiger partial charge in [-0.2, -0.15) is 13.2 Å². The Morgan fingerprint density at radius 3 is 2.28 bits per heavy atom. The summed E-state index contributed by atoms with van der Waals surface area (Å²) >= 11 is 0. The van der Waals surface area contributed by atoms with Crippen molar-refractivity contribution in [3.8, 4) is 11.6 Å². The summed E-state index contributed by atoms with van der Waals surface area (Å²) < 4.78 is 40.5. The molecule has 0 fully saturated rings. The number of alkyl halides is 3. The number of hydrogen-bond donors (Lipinski definition) is 1. The van der Waals surface area contributed by atoms with Gasteiger partial charge in [-0.3, -0.25) is 4.79 Å². The Kier molecular flexibility index (Phi) is 5.25. The summed E-state index contributed by atoms with van der Waals surface area (Å²) in [6, 6.07) is 12.4. The summed E-state index contributed by atoms with van der Waals surface area (Å²) in [7, 11) is 0. The van der Waals surface area contributed by atoms with E-state index in [1.165, 1.54) is 24.4 Å². The molecule has 2 aromatic carbocycles. The number of halogens is 3. The molecule has 0 amide bonds. The highest BCUT2D eigenvalue weighted by atomic mass is 19.4. The number of aliphatic imine (C=N–C) groups is 1. The largest absolute Gasteiger partial charge is 0.494 e. The molecule has 4 rings (SSSR count). The van der Waals surface area contributed by atoms with E-state index in [-0.39, 0.29) is 22.6 Å². The van der Waals surface area contributed by atoms with Crippen LogP contribution in [0, 0.1) is 13.8 Å². The molecule has 0 aliphatic heterocycles. The molecule has 4 aromatic rings. The quantitative estimate of drug-likeness (QED) is 0.463. The Bertz CT molecular complexity index is 1410. The Balaban J connectivity index is 1.97. The van der Waals surface area contributed by atoms with Crippen LogP contribution in [0.5, 0.6) is 5.88 Å². The van der Waals surface area contributed by atoms with Crippen molar-refractivity contribution in [2.24, 2.45) is 4.99 Å². The summed E-state index contributed by atoms with van der Waals surface area (Å²) in [6.45, 7) is 3.57. The molecular weight excluding hydrogens is 421 g/mol. The first-order valence-corrected chi connectivity index (χ1v) is 9.56. The maximum absolute atomic E-state index is 13.2. The summed E-state index contributed by atoms with van der Waals surface area (Å²) in [5.41, 5.74) is -0.156. The second-order valence-corrected chi connectivity index (χ2v) is 7.18. The van der Waals surface area contributed by atoms with E-state index in [0.29, 0.717) is 16.8 Å². The highest BCUT2D eigenvalue weighted by Crippen LogP contribution is 2.32. The predicted molar refractivity (Wildman–Crippen MR) is 115 cm³/mol. The molecule has 1 N–H and O–H groups in total. The third-order valence-electron chi connectivity index (χ3n) is 4.81. The maximum atomic E-state index is 13.2. The fourth-order valence-corrected chi connectivity index (χ4v) is 3.44. The van der Waals surface area contributed by atoms with Gasteiger partial charge in [0, 0.05) is 28.4 Å². The minimum atomic E-state index is -4.60. The molecule has 0 atom stereocenters. The minimum Gasteiger partial charge on any atom is -0.494 e. The Labute approximate surface area is 180 Å². The molecule has 0 spiro atoms. The molecule has 162 valence electrons. The van der Waals surface area contributed by atoms with Crippen LogP contribution >= 0.6 is 0 Å². The van der Waals surface area contributed by atoms with Crippen molar-refractivity contribution in [3.63, 3.8) is 0 Å².